The Balaban J connectivity index is 0. The summed E-state index contributed by atoms with van der Waals surface area (Å²) in [4.78, 5) is 0. The number of nitrogens with two attached hydrogens (primary N) is 1. The molecule has 0 fully saturated rings. The van der Waals surface area contributed by atoms with Crippen LogP contribution in [-0.2, 0) is 5.54 Å². The summed E-state index contributed by atoms with van der Waals surface area (Å²) < 4.78 is 12.6. The molecular weight excluding hydrogens is 189 g/mol. The number of rotatable bonds is 3. The van der Waals surface area contributed by atoms with Gasteiger partial charge in [0.25, 0.3) is 0 Å². The Kier molecular flexibility index (Phi) is 6.18. The number of benzene rings is 1. The normalized spacial score (nSPS) is 10.5. The van der Waals surface area contributed by atoms with Crippen LogP contribution >= 0.6 is 0 Å². The molecule has 0 unspecified atom stereocenters. The maximum Gasteiger partial charge on any atom is 0.123 e. The van der Waals surface area contributed by atoms with Crippen molar-refractivity contribution < 1.29 is 5.82 Å². The van der Waals surface area contributed by atoms with Gasteiger partial charge in [-0.05, 0) is 30.5 Å². The van der Waals surface area contributed by atoms with Crippen molar-refractivity contribution in [3.63, 3.8) is 0 Å². The first-order valence-electron chi connectivity index (χ1n) is 5.67. The van der Waals surface area contributed by atoms with E-state index in [0.29, 0.717) is 0 Å². The van der Waals surface area contributed by atoms with E-state index in [0.717, 1.165) is 18.4 Å². The molecule has 0 aliphatic heterocycles. The Morgan fingerprint density at radius 2 is 1.53 bits per heavy atom. The van der Waals surface area contributed by atoms with Crippen LogP contribution in [0.15, 0.2) is 24.3 Å². The Hall–Kier alpha value is -0.890. The van der Waals surface area contributed by atoms with Crippen molar-refractivity contribution in [1.82, 2.24) is 0 Å². The minimum Gasteiger partial charge on any atom is -0.321 e. The summed E-state index contributed by atoms with van der Waals surface area (Å²) in [5, 5.41) is 0. The lowest BCUT2D eigenvalue weighted by Crippen LogP contribution is -2.34. The summed E-state index contributed by atoms with van der Waals surface area (Å²) in [6.45, 7) is 8.10. The van der Waals surface area contributed by atoms with Gasteiger partial charge in [-0.3, -0.25) is 0 Å². The van der Waals surface area contributed by atoms with Crippen molar-refractivity contribution in [3.05, 3.63) is 35.6 Å². The van der Waals surface area contributed by atoms with Crippen LogP contribution in [0, 0.1) is 5.82 Å². The molecule has 0 amide bonds. The first kappa shape index (κ1) is 14.1. The highest BCUT2D eigenvalue weighted by Crippen LogP contribution is 2.25. The molecule has 1 rings (SSSR count). The van der Waals surface area contributed by atoms with E-state index in [-0.39, 0.29) is 12.8 Å². The molecule has 0 bridgehead atoms. The molecule has 2 N–H and O–H groups in total. The Morgan fingerprint density at radius 1 is 1.13 bits per heavy atom. The molecule has 0 aliphatic carbocycles. The molecule has 15 heavy (non-hydrogen) atoms. The molecule has 0 saturated heterocycles. The van der Waals surface area contributed by atoms with Crippen molar-refractivity contribution in [2.75, 3.05) is 0 Å². The molecular formula is C13H24FN. The van der Waals surface area contributed by atoms with E-state index in [1.165, 1.54) is 12.1 Å². The van der Waals surface area contributed by atoms with Crippen LogP contribution in [0.2, 0.25) is 0 Å². The predicted octanol–water partition coefficient (Wildman–Crippen LogP) is 4.07. The average Bonchev–Trinajstić information content (AvgIpc) is 2.31. The number of hydrogen-bond donors (Lipinski definition) is 1. The molecule has 0 saturated carbocycles. The largest absolute Gasteiger partial charge is 0.321 e. The van der Waals surface area contributed by atoms with Crippen molar-refractivity contribution in [1.29, 1.82) is 0 Å². The summed E-state index contributed by atoms with van der Waals surface area (Å²) in [6, 6.07) is 6.45. The van der Waals surface area contributed by atoms with Crippen molar-refractivity contribution in [2.24, 2.45) is 5.73 Å². The fraction of sp³-hybridized carbons (Fsp3) is 0.538. The van der Waals surface area contributed by atoms with E-state index in [1.54, 1.807) is 12.1 Å². The van der Waals surface area contributed by atoms with Crippen LogP contribution in [0.4, 0.5) is 4.39 Å². The molecule has 1 aromatic rings. The predicted molar refractivity (Wildman–Crippen MR) is 66.3 cm³/mol. The van der Waals surface area contributed by atoms with E-state index in [1.807, 2.05) is 27.7 Å². The molecule has 0 radical (unpaired) electrons. The van der Waals surface area contributed by atoms with Gasteiger partial charge in [-0.1, -0.05) is 39.8 Å². The minimum atomic E-state index is -0.298. The van der Waals surface area contributed by atoms with Crippen LogP contribution in [0.25, 0.3) is 0 Å². The highest BCUT2D eigenvalue weighted by Gasteiger charge is 2.22. The zero-order valence-electron chi connectivity index (χ0n) is 10.2. The molecule has 0 aliphatic rings. The third-order valence-corrected chi connectivity index (χ3v) is 2.68. The Labute approximate surface area is 94.0 Å². The standard InChI is InChI=1S/C11H16FN.C2H6.H2/c1-3-11(13,4-2)9-5-7-10(12)8-6-9;1-2;/h5-8H,3-4,13H2,1-2H3;1-2H3;1H. The van der Waals surface area contributed by atoms with Gasteiger partial charge in [0.05, 0.1) is 0 Å². The van der Waals surface area contributed by atoms with Crippen LogP contribution in [0.1, 0.15) is 47.5 Å². The molecule has 0 spiro atoms. The van der Waals surface area contributed by atoms with Gasteiger partial charge in [0.2, 0.25) is 0 Å². The molecule has 0 aromatic heterocycles. The third-order valence-electron chi connectivity index (χ3n) is 2.68. The molecule has 1 nitrogen and oxygen atoms in total. The fourth-order valence-electron chi connectivity index (χ4n) is 1.44. The lowest BCUT2D eigenvalue weighted by molar-refractivity contribution is 0.412. The lowest BCUT2D eigenvalue weighted by Gasteiger charge is -2.27. The Morgan fingerprint density at radius 3 is 1.87 bits per heavy atom. The smallest absolute Gasteiger partial charge is 0.123 e. The van der Waals surface area contributed by atoms with Crippen LogP contribution in [0.5, 0.6) is 0 Å². The van der Waals surface area contributed by atoms with Crippen LogP contribution < -0.4 is 5.73 Å². The number of hydrogen-bond acceptors (Lipinski definition) is 1. The second-order valence-corrected chi connectivity index (χ2v) is 3.37. The van der Waals surface area contributed by atoms with Gasteiger partial charge in [-0.25, -0.2) is 4.39 Å². The fourth-order valence-corrected chi connectivity index (χ4v) is 1.44. The Bertz CT molecular complexity index is 268. The third kappa shape index (κ3) is 3.63. The second kappa shape index (κ2) is 6.57. The summed E-state index contributed by atoms with van der Waals surface area (Å²) in [6.07, 6.45) is 1.74. The summed E-state index contributed by atoms with van der Waals surface area (Å²) in [5.41, 5.74) is 6.86. The van der Waals surface area contributed by atoms with Crippen molar-refractivity contribution in [3.8, 4) is 0 Å². The van der Waals surface area contributed by atoms with Gasteiger partial charge in [-0.15, -0.1) is 0 Å². The van der Waals surface area contributed by atoms with Gasteiger partial charge >= 0.3 is 0 Å². The van der Waals surface area contributed by atoms with Crippen molar-refractivity contribution in [2.45, 2.75) is 46.1 Å². The quantitative estimate of drug-likeness (QED) is 0.804. The molecule has 0 atom stereocenters. The van der Waals surface area contributed by atoms with E-state index < -0.39 is 0 Å². The van der Waals surface area contributed by atoms with E-state index in [2.05, 4.69) is 0 Å². The van der Waals surface area contributed by atoms with E-state index in [9.17, 15) is 4.39 Å². The molecule has 2 heteroatoms. The monoisotopic (exact) mass is 213 g/mol. The van der Waals surface area contributed by atoms with Gasteiger partial charge in [-0.2, -0.15) is 0 Å². The summed E-state index contributed by atoms with van der Waals surface area (Å²) in [7, 11) is 0. The van der Waals surface area contributed by atoms with Crippen LogP contribution in [0.3, 0.4) is 0 Å². The van der Waals surface area contributed by atoms with Gasteiger partial charge in [0.15, 0.2) is 0 Å². The second-order valence-electron chi connectivity index (χ2n) is 3.37. The van der Waals surface area contributed by atoms with E-state index in [4.69, 9.17) is 5.73 Å². The maximum absolute atomic E-state index is 12.6. The maximum atomic E-state index is 12.6. The zero-order chi connectivity index (χ0) is 11.9. The number of halogens is 1. The van der Waals surface area contributed by atoms with Gasteiger partial charge in [0, 0.05) is 6.97 Å². The lowest BCUT2D eigenvalue weighted by atomic mass is 9.86. The molecule has 88 valence electrons. The van der Waals surface area contributed by atoms with Gasteiger partial charge < -0.3 is 5.73 Å². The minimum absolute atomic E-state index is 0. The SMILES string of the molecule is CC.CCC(N)(CC)c1ccc(F)cc1.[HH]. The van der Waals surface area contributed by atoms with E-state index >= 15 is 0 Å². The summed E-state index contributed by atoms with van der Waals surface area (Å²) >= 11 is 0. The van der Waals surface area contributed by atoms with Crippen LogP contribution in [-0.4, -0.2) is 0 Å². The first-order valence-corrected chi connectivity index (χ1v) is 5.67. The van der Waals surface area contributed by atoms with Gasteiger partial charge in [0.1, 0.15) is 5.82 Å². The first-order chi connectivity index (χ1) is 7.12. The topological polar surface area (TPSA) is 26.0 Å². The zero-order valence-corrected chi connectivity index (χ0v) is 10.2. The molecule has 1 aromatic carbocycles. The summed E-state index contributed by atoms with van der Waals surface area (Å²) in [5.74, 6) is -0.210. The highest BCUT2D eigenvalue weighted by atomic mass is 19.1. The molecule has 0 heterocycles. The van der Waals surface area contributed by atoms with Crippen molar-refractivity contribution >= 4 is 0 Å². The average molecular weight is 213 g/mol. The highest BCUT2D eigenvalue weighted by molar-refractivity contribution is 5.24.